The van der Waals surface area contributed by atoms with Gasteiger partial charge >= 0.3 is 0 Å². The molecule has 2 aliphatic heterocycles. The fourth-order valence-electron chi connectivity index (χ4n) is 1.55. The first-order chi connectivity index (χ1) is 6.95. The van der Waals surface area contributed by atoms with E-state index in [2.05, 4.69) is 0 Å². The van der Waals surface area contributed by atoms with Crippen LogP contribution in [0.25, 0.3) is 0 Å². The standard InChI is InChI=1S/C10H18O4/c1-2-5-11-9(3-1)13-7-8-14-10-4-6-12-10/h9-10H,1-8H2. The van der Waals surface area contributed by atoms with E-state index in [-0.39, 0.29) is 12.6 Å². The van der Waals surface area contributed by atoms with Crippen LogP contribution in [0.3, 0.4) is 0 Å². The lowest BCUT2D eigenvalue weighted by Gasteiger charge is -2.27. The summed E-state index contributed by atoms with van der Waals surface area (Å²) in [5, 5.41) is 0. The summed E-state index contributed by atoms with van der Waals surface area (Å²) in [5.74, 6) is 0. The molecule has 2 atom stereocenters. The first kappa shape index (κ1) is 10.4. The zero-order valence-corrected chi connectivity index (χ0v) is 8.44. The second kappa shape index (κ2) is 5.66. The van der Waals surface area contributed by atoms with Crippen molar-refractivity contribution < 1.29 is 18.9 Å². The van der Waals surface area contributed by atoms with E-state index >= 15 is 0 Å². The highest BCUT2D eigenvalue weighted by Gasteiger charge is 2.18. The SMILES string of the molecule is C1CCC(OCCOC2CCO2)OC1. The van der Waals surface area contributed by atoms with Gasteiger partial charge in [-0.2, -0.15) is 0 Å². The molecule has 2 unspecified atom stereocenters. The van der Waals surface area contributed by atoms with Gasteiger partial charge in [0.2, 0.25) is 0 Å². The van der Waals surface area contributed by atoms with Gasteiger partial charge in [0, 0.05) is 13.0 Å². The molecule has 82 valence electrons. The quantitative estimate of drug-likeness (QED) is 0.629. The van der Waals surface area contributed by atoms with Crippen molar-refractivity contribution in [2.45, 2.75) is 38.3 Å². The van der Waals surface area contributed by atoms with Crippen LogP contribution in [0.2, 0.25) is 0 Å². The highest BCUT2D eigenvalue weighted by molar-refractivity contribution is 4.56. The van der Waals surface area contributed by atoms with E-state index in [1.54, 1.807) is 0 Å². The number of ether oxygens (including phenoxy) is 4. The Morgan fingerprint density at radius 3 is 2.00 bits per heavy atom. The van der Waals surface area contributed by atoms with Crippen molar-refractivity contribution >= 4 is 0 Å². The normalized spacial score (nSPS) is 32.6. The molecule has 2 rings (SSSR count). The maximum absolute atomic E-state index is 5.50. The second-order valence-electron chi connectivity index (χ2n) is 3.63. The monoisotopic (exact) mass is 202 g/mol. The highest BCUT2D eigenvalue weighted by atomic mass is 16.7. The van der Waals surface area contributed by atoms with Gasteiger partial charge in [0.1, 0.15) is 0 Å². The van der Waals surface area contributed by atoms with Gasteiger partial charge in [0.15, 0.2) is 12.6 Å². The zero-order chi connectivity index (χ0) is 9.64. The lowest BCUT2D eigenvalue weighted by atomic mass is 10.2. The van der Waals surface area contributed by atoms with Crippen LogP contribution in [-0.2, 0) is 18.9 Å². The Labute approximate surface area is 84.5 Å². The second-order valence-corrected chi connectivity index (χ2v) is 3.63. The van der Waals surface area contributed by atoms with Gasteiger partial charge in [-0.15, -0.1) is 0 Å². The Kier molecular flexibility index (Phi) is 4.19. The molecule has 0 saturated carbocycles. The zero-order valence-electron chi connectivity index (χ0n) is 8.44. The van der Waals surface area contributed by atoms with Gasteiger partial charge in [-0.05, 0) is 19.3 Å². The van der Waals surface area contributed by atoms with Gasteiger partial charge < -0.3 is 18.9 Å². The third-order valence-corrected chi connectivity index (χ3v) is 2.49. The molecule has 0 bridgehead atoms. The smallest absolute Gasteiger partial charge is 0.159 e. The summed E-state index contributed by atoms with van der Waals surface area (Å²) >= 11 is 0. The van der Waals surface area contributed by atoms with Gasteiger partial charge in [-0.25, -0.2) is 0 Å². The molecule has 4 heteroatoms. The van der Waals surface area contributed by atoms with Crippen LogP contribution in [0.1, 0.15) is 25.7 Å². The minimum Gasteiger partial charge on any atom is -0.353 e. The molecule has 14 heavy (non-hydrogen) atoms. The van der Waals surface area contributed by atoms with E-state index in [1.807, 2.05) is 0 Å². The molecule has 0 aromatic carbocycles. The lowest BCUT2D eigenvalue weighted by Crippen LogP contribution is -2.31. The average Bonchev–Trinajstić information content (AvgIpc) is 2.16. The van der Waals surface area contributed by atoms with Gasteiger partial charge in [0.05, 0.1) is 19.8 Å². The van der Waals surface area contributed by atoms with Gasteiger partial charge in [0.25, 0.3) is 0 Å². The van der Waals surface area contributed by atoms with Crippen LogP contribution in [0.4, 0.5) is 0 Å². The first-order valence-corrected chi connectivity index (χ1v) is 5.41. The van der Waals surface area contributed by atoms with Crippen molar-refractivity contribution in [2.75, 3.05) is 26.4 Å². The van der Waals surface area contributed by atoms with Crippen LogP contribution in [0.5, 0.6) is 0 Å². The molecule has 2 fully saturated rings. The Morgan fingerprint density at radius 1 is 0.857 bits per heavy atom. The number of hydrogen-bond acceptors (Lipinski definition) is 4. The predicted molar refractivity (Wildman–Crippen MR) is 49.9 cm³/mol. The molecule has 0 N–H and O–H groups in total. The molecule has 0 amide bonds. The number of rotatable bonds is 5. The molecule has 0 aliphatic carbocycles. The van der Waals surface area contributed by atoms with Crippen LogP contribution >= 0.6 is 0 Å². The summed E-state index contributed by atoms with van der Waals surface area (Å²) in [5.41, 5.74) is 0. The predicted octanol–water partition coefficient (Wildman–Crippen LogP) is 1.29. The molecule has 2 aliphatic rings. The summed E-state index contributed by atoms with van der Waals surface area (Å²) in [6.45, 7) is 2.86. The van der Waals surface area contributed by atoms with Crippen LogP contribution in [-0.4, -0.2) is 39.0 Å². The van der Waals surface area contributed by atoms with Crippen molar-refractivity contribution in [3.63, 3.8) is 0 Å². The van der Waals surface area contributed by atoms with Crippen molar-refractivity contribution in [3.05, 3.63) is 0 Å². The van der Waals surface area contributed by atoms with E-state index in [4.69, 9.17) is 18.9 Å². The molecule has 4 nitrogen and oxygen atoms in total. The summed E-state index contributed by atoms with van der Waals surface area (Å²) in [7, 11) is 0. The summed E-state index contributed by atoms with van der Waals surface area (Å²) in [6, 6.07) is 0. The van der Waals surface area contributed by atoms with E-state index in [1.165, 1.54) is 6.42 Å². The molecule has 0 spiro atoms. The Morgan fingerprint density at radius 2 is 1.50 bits per heavy atom. The minimum atomic E-state index is -0.00495. The highest BCUT2D eigenvalue weighted by Crippen LogP contribution is 2.14. The number of hydrogen-bond donors (Lipinski definition) is 0. The first-order valence-electron chi connectivity index (χ1n) is 5.41. The molecule has 0 radical (unpaired) electrons. The summed E-state index contributed by atoms with van der Waals surface area (Å²) in [6.07, 6.45) is 4.41. The van der Waals surface area contributed by atoms with Crippen molar-refractivity contribution in [3.8, 4) is 0 Å². The van der Waals surface area contributed by atoms with Gasteiger partial charge in [-0.1, -0.05) is 0 Å². The molecule has 0 aromatic heterocycles. The van der Waals surface area contributed by atoms with E-state index in [0.29, 0.717) is 13.2 Å². The van der Waals surface area contributed by atoms with Gasteiger partial charge in [-0.3, -0.25) is 0 Å². The third kappa shape index (κ3) is 3.20. The third-order valence-electron chi connectivity index (χ3n) is 2.49. The molecule has 0 aromatic rings. The molecule has 2 heterocycles. The van der Waals surface area contributed by atoms with E-state index in [9.17, 15) is 0 Å². The summed E-state index contributed by atoms with van der Waals surface area (Å²) in [4.78, 5) is 0. The van der Waals surface area contributed by atoms with Crippen molar-refractivity contribution in [2.24, 2.45) is 0 Å². The van der Waals surface area contributed by atoms with Crippen molar-refractivity contribution in [1.82, 2.24) is 0 Å². The fourth-order valence-corrected chi connectivity index (χ4v) is 1.55. The summed E-state index contributed by atoms with van der Waals surface area (Å²) < 4.78 is 21.4. The molecular weight excluding hydrogens is 184 g/mol. The van der Waals surface area contributed by atoms with Crippen LogP contribution in [0.15, 0.2) is 0 Å². The largest absolute Gasteiger partial charge is 0.353 e. The minimum absolute atomic E-state index is 0.00495. The van der Waals surface area contributed by atoms with E-state index in [0.717, 1.165) is 32.5 Å². The Bertz CT molecular complexity index is 152. The average molecular weight is 202 g/mol. The van der Waals surface area contributed by atoms with E-state index < -0.39 is 0 Å². The molecule has 2 saturated heterocycles. The topological polar surface area (TPSA) is 36.9 Å². The maximum Gasteiger partial charge on any atom is 0.159 e. The van der Waals surface area contributed by atoms with Crippen molar-refractivity contribution in [1.29, 1.82) is 0 Å². The van der Waals surface area contributed by atoms with Crippen LogP contribution < -0.4 is 0 Å². The Balaban J connectivity index is 1.45. The Hall–Kier alpha value is -0.160. The lowest BCUT2D eigenvalue weighted by molar-refractivity contribution is -0.230. The maximum atomic E-state index is 5.50. The van der Waals surface area contributed by atoms with Crippen LogP contribution in [0, 0.1) is 0 Å². The fraction of sp³-hybridized carbons (Fsp3) is 1.00. The molecular formula is C10H18O4.